The minimum atomic E-state index is -0.331. The monoisotopic (exact) mass is 373 g/mol. The number of aromatic hydroxyl groups is 1. The van der Waals surface area contributed by atoms with E-state index in [2.05, 4.69) is 10.3 Å². The second kappa shape index (κ2) is 9.10. The molecule has 0 saturated carbocycles. The lowest BCUT2D eigenvalue weighted by molar-refractivity contribution is -0.118. The predicted octanol–water partition coefficient (Wildman–Crippen LogP) is 1.01. The summed E-state index contributed by atoms with van der Waals surface area (Å²) in [6.45, 7) is 2.14. The molecule has 1 atom stereocenters. The standard InChI is InChI=1S/C15H20ClN3O4S/c1-24-9-12(20)18-6-10-7-19(4-5-23-8-10)15(22)11-2-3-17-14(16)13(11)21/h2-3,10,21H,4-9H2,1H3,(H,18,20). The van der Waals surface area contributed by atoms with Crippen molar-refractivity contribution in [1.82, 2.24) is 15.2 Å². The Hall–Kier alpha value is -1.51. The first-order valence-corrected chi connectivity index (χ1v) is 9.26. The van der Waals surface area contributed by atoms with Gasteiger partial charge in [0.15, 0.2) is 10.9 Å². The molecule has 0 aromatic carbocycles. The van der Waals surface area contributed by atoms with E-state index >= 15 is 0 Å². The molecule has 0 aliphatic carbocycles. The van der Waals surface area contributed by atoms with Gasteiger partial charge < -0.3 is 20.1 Å². The van der Waals surface area contributed by atoms with Crippen molar-refractivity contribution in [2.75, 3.05) is 44.9 Å². The molecule has 9 heteroatoms. The van der Waals surface area contributed by atoms with Gasteiger partial charge in [-0.05, 0) is 12.3 Å². The first-order valence-electron chi connectivity index (χ1n) is 7.49. The first-order chi connectivity index (χ1) is 11.5. The molecule has 24 heavy (non-hydrogen) atoms. The van der Waals surface area contributed by atoms with Crippen LogP contribution in [0.25, 0.3) is 0 Å². The van der Waals surface area contributed by atoms with Crippen LogP contribution in [-0.4, -0.2) is 71.7 Å². The van der Waals surface area contributed by atoms with Crippen molar-refractivity contribution >= 4 is 35.2 Å². The van der Waals surface area contributed by atoms with Crippen LogP contribution in [0.3, 0.4) is 0 Å². The van der Waals surface area contributed by atoms with Crippen molar-refractivity contribution in [2.24, 2.45) is 5.92 Å². The van der Waals surface area contributed by atoms with Crippen LogP contribution in [0.5, 0.6) is 5.75 Å². The van der Waals surface area contributed by atoms with Crippen LogP contribution in [0.15, 0.2) is 12.3 Å². The molecule has 1 aliphatic heterocycles. The van der Waals surface area contributed by atoms with E-state index in [9.17, 15) is 14.7 Å². The van der Waals surface area contributed by atoms with E-state index in [1.807, 2.05) is 6.26 Å². The van der Waals surface area contributed by atoms with Crippen molar-refractivity contribution in [3.05, 3.63) is 23.0 Å². The molecule has 132 valence electrons. The van der Waals surface area contributed by atoms with Gasteiger partial charge in [0.1, 0.15) is 0 Å². The Labute approximate surface area is 149 Å². The Kier molecular flexibility index (Phi) is 7.14. The summed E-state index contributed by atoms with van der Waals surface area (Å²) in [5, 5.41) is 12.7. The lowest BCUT2D eigenvalue weighted by atomic mass is 10.1. The first kappa shape index (κ1) is 18.8. The van der Waals surface area contributed by atoms with Crippen LogP contribution in [-0.2, 0) is 9.53 Å². The zero-order valence-corrected chi connectivity index (χ0v) is 14.9. The summed E-state index contributed by atoms with van der Waals surface area (Å²) in [7, 11) is 0. The summed E-state index contributed by atoms with van der Waals surface area (Å²) in [6, 6.07) is 1.44. The van der Waals surface area contributed by atoms with E-state index in [0.717, 1.165) is 0 Å². The average molecular weight is 374 g/mol. The largest absolute Gasteiger partial charge is 0.504 e. The molecule has 1 saturated heterocycles. The van der Waals surface area contributed by atoms with Gasteiger partial charge in [-0.15, -0.1) is 0 Å². The molecule has 7 nitrogen and oxygen atoms in total. The van der Waals surface area contributed by atoms with Gasteiger partial charge in [-0.25, -0.2) is 4.98 Å². The van der Waals surface area contributed by atoms with E-state index in [1.165, 1.54) is 24.0 Å². The molecule has 2 amide bonds. The predicted molar refractivity (Wildman–Crippen MR) is 92.5 cm³/mol. The normalized spacial score (nSPS) is 18.1. The third-order valence-corrected chi connectivity index (χ3v) is 4.43. The van der Waals surface area contributed by atoms with Gasteiger partial charge in [0.2, 0.25) is 5.91 Å². The van der Waals surface area contributed by atoms with Gasteiger partial charge in [0.25, 0.3) is 5.91 Å². The average Bonchev–Trinajstić information content (AvgIpc) is 2.81. The lowest BCUT2D eigenvalue weighted by Crippen LogP contribution is -2.40. The molecule has 0 spiro atoms. The second-order valence-corrected chi connectivity index (χ2v) is 6.65. The summed E-state index contributed by atoms with van der Waals surface area (Å²) < 4.78 is 5.52. The number of aromatic nitrogens is 1. The minimum absolute atomic E-state index is 0.0123. The summed E-state index contributed by atoms with van der Waals surface area (Å²) in [6.07, 6.45) is 3.24. The molecular weight excluding hydrogens is 354 g/mol. The smallest absolute Gasteiger partial charge is 0.257 e. The molecule has 2 rings (SSSR count). The molecule has 0 radical (unpaired) electrons. The van der Waals surface area contributed by atoms with Crippen LogP contribution in [0, 0.1) is 5.92 Å². The zero-order valence-electron chi connectivity index (χ0n) is 13.3. The van der Waals surface area contributed by atoms with Crippen molar-refractivity contribution in [1.29, 1.82) is 0 Å². The van der Waals surface area contributed by atoms with E-state index in [1.54, 1.807) is 4.90 Å². The van der Waals surface area contributed by atoms with E-state index < -0.39 is 0 Å². The number of hydrogen-bond donors (Lipinski definition) is 2. The topological polar surface area (TPSA) is 91.8 Å². The number of carbonyl (C=O) groups excluding carboxylic acids is 2. The number of thioether (sulfide) groups is 1. The van der Waals surface area contributed by atoms with Crippen LogP contribution >= 0.6 is 23.4 Å². The van der Waals surface area contributed by atoms with Gasteiger partial charge in [-0.3, -0.25) is 9.59 Å². The number of hydrogen-bond acceptors (Lipinski definition) is 6. The molecule has 1 fully saturated rings. The summed E-state index contributed by atoms with van der Waals surface area (Å²) in [5.41, 5.74) is 0.113. The maximum Gasteiger partial charge on any atom is 0.257 e. The van der Waals surface area contributed by atoms with Crippen molar-refractivity contribution < 1.29 is 19.4 Å². The van der Waals surface area contributed by atoms with Crippen molar-refractivity contribution in [2.45, 2.75) is 0 Å². The number of halogens is 1. The molecule has 1 aliphatic rings. The van der Waals surface area contributed by atoms with E-state index in [4.69, 9.17) is 16.3 Å². The van der Waals surface area contributed by atoms with Crippen molar-refractivity contribution in [3.8, 4) is 5.75 Å². The summed E-state index contributed by atoms with van der Waals surface area (Å²) in [5.74, 6) is -0.300. The van der Waals surface area contributed by atoms with Gasteiger partial charge in [-0.2, -0.15) is 11.8 Å². The molecule has 2 N–H and O–H groups in total. The Morgan fingerprint density at radius 2 is 2.38 bits per heavy atom. The zero-order chi connectivity index (χ0) is 17.5. The molecule has 2 heterocycles. The number of pyridine rings is 1. The fourth-order valence-electron chi connectivity index (χ4n) is 2.40. The summed E-state index contributed by atoms with van der Waals surface area (Å²) in [4.78, 5) is 29.6. The summed E-state index contributed by atoms with van der Waals surface area (Å²) >= 11 is 7.22. The second-order valence-electron chi connectivity index (χ2n) is 5.43. The fourth-order valence-corrected chi connectivity index (χ4v) is 2.92. The highest BCUT2D eigenvalue weighted by Crippen LogP contribution is 2.26. The Morgan fingerprint density at radius 3 is 3.12 bits per heavy atom. The van der Waals surface area contributed by atoms with Gasteiger partial charge in [0.05, 0.1) is 24.5 Å². The van der Waals surface area contributed by atoms with Gasteiger partial charge in [0, 0.05) is 31.7 Å². The number of carbonyl (C=O) groups is 2. The SMILES string of the molecule is CSCC(=O)NCC1COCCN(C(=O)c2ccnc(Cl)c2O)C1. The maximum absolute atomic E-state index is 12.6. The van der Waals surface area contributed by atoms with E-state index in [-0.39, 0.29) is 34.2 Å². The number of amides is 2. The van der Waals surface area contributed by atoms with Crippen LogP contribution < -0.4 is 5.32 Å². The van der Waals surface area contributed by atoms with Gasteiger partial charge >= 0.3 is 0 Å². The van der Waals surface area contributed by atoms with Crippen LogP contribution in [0.1, 0.15) is 10.4 Å². The molecule has 1 unspecified atom stereocenters. The number of ether oxygens (including phenoxy) is 1. The third kappa shape index (κ3) is 4.99. The maximum atomic E-state index is 12.6. The lowest BCUT2D eigenvalue weighted by Gasteiger charge is -2.24. The highest BCUT2D eigenvalue weighted by Gasteiger charge is 2.26. The number of rotatable bonds is 5. The fraction of sp³-hybridized carbons (Fsp3) is 0.533. The quantitative estimate of drug-likeness (QED) is 0.748. The molecule has 0 bridgehead atoms. The molecular formula is C15H20ClN3O4S. The van der Waals surface area contributed by atoms with Crippen LogP contribution in [0.2, 0.25) is 5.15 Å². The Morgan fingerprint density at radius 1 is 1.58 bits per heavy atom. The Bertz CT molecular complexity index is 602. The molecule has 1 aromatic rings. The number of nitrogens with zero attached hydrogens (tertiary/aromatic N) is 2. The third-order valence-electron chi connectivity index (χ3n) is 3.60. The highest BCUT2D eigenvalue weighted by molar-refractivity contribution is 7.99. The highest BCUT2D eigenvalue weighted by atomic mass is 35.5. The van der Waals surface area contributed by atoms with Crippen molar-refractivity contribution in [3.63, 3.8) is 0 Å². The molecule has 1 aromatic heterocycles. The van der Waals surface area contributed by atoms with Crippen LogP contribution in [0.4, 0.5) is 0 Å². The Balaban J connectivity index is 2.02. The number of nitrogens with one attached hydrogen (secondary N) is 1. The minimum Gasteiger partial charge on any atom is -0.504 e. The van der Waals surface area contributed by atoms with Gasteiger partial charge in [-0.1, -0.05) is 11.6 Å². The van der Waals surface area contributed by atoms with E-state index in [0.29, 0.717) is 38.6 Å².